The van der Waals surface area contributed by atoms with Gasteiger partial charge in [-0.15, -0.1) is 0 Å². The minimum Gasteiger partial charge on any atom is -0.375 e. The smallest absolute Gasteiger partial charge is 0.0723 e. The molecule has 0 bridgehead atoms. The second-order valence-electron chi connectivity index (χ2n) is 4.19. The third-order valence-corrected chi connectivity index (χ3v) is 3.61. The summed E-state index contributed by atoms with van der Waals surface area (Å²) in [6, 6.07) is 2.53. The summed E-state index contributed by atoms with van der Waals surface area (Å²) in [4.78, 5) is 6.52. The van der Waals surface area contributed by atoms with E-state index in [9.17, 15) is 0 Å². The Hall–Kier alpha value is -0.610. The van der Waals surface area contributed by atoms with Crippen molar-refractivity contribution in [3.05, 3.63) is 22.9 Å². The molecule has 0 N–H and O–H groups in total. The number of hydrogen-bond acceptors (Lipinski definition) is 3. The van der Waals surface area contributed by atoms with Crippen molar-refractivity contribution in [2.24, 2.45) is 0 Å². The predicted molar refractivity (Wildman–Crippen MR) is 68.8 cm³/mol. The van der Waals surface area contributed by atoms with Gasteiger partial charge in [0.05, 0.1) is 28.9 Å². The van der Waals surface area contributed by atoms with Gasteiger partial charge in [-0.2, -0.15) is 0 Å². The van der Waals surface area contributed by atoms with E-state index in [-0.39, 0.29) is 0 Å². The molecule has 1 aromatic rings. The molecule has 16 heavy (non-hydrogen) atoms. The van der Waals surface area contributed by atoms with E-state index in [1.165, 1.54) is 5.69 Å². The number of anilines is 1. The molecule has 0 aromatic carbocycles. The van der Waals surface area contributed by atoms with Gasteiger partial charge in [0.25, 0.3) is 0 Å². The predicted octanol–water partition coefficient (Wildman–Crippen LogP) is 2.85. The van der Waals surface area contributed by atoms with Gasteiger partial charge in [-0.1, -0.05) is 6.92 Å². The number of morpholine rings is 1. The van der Waals surface area contributed by atoms with Crippen LogP contribution in [-0.4, -0.2) is 30.3 Å². The van der Waals surface area contributed by atoms with Crippen LogP contribution in [0.15, 0.2) is 22.9 Å². The van der Waals surface area contributed by atoms with Gasteiger partial charge in [0.1, 0.15) is 0 Å². The van der Waals surface area contributed by atoms with Gasteiger partial charge >= 0.3 is 0 Å². The molecule has 0 spiro atoms. The minimum atomic E-state index is 0.294. The van der Waals surface area contributed by atoms with Gasteiger partial charge in [0.2, 0.25) is 0 Å². The van der Waals surface area contributed by atoms with E-state index in [0.29, 0.717) is 12.1 Å². The summed E-state index contributed by atoms with van der Waals surface area (Å²) in [5.41, 5.74) is 1.22. The van der Waals surface area contributed by atoms with Crippen molar-refractivity contribution in [2.45, 2.75) is 32.4 Å². The number of ether oxygens (including phenoxy) is 1. The Morgan fingerprint density at radius 3 is 3.12 bits per heavy atom. The number of hydrogen-bond donors (Lipinski definition) is 0. The lowest BCUT2D eigenvalue weighted by Gasteiger charge is -2.40. The van der Waals surface area contributed by atoms with Gasteiger partial charge in [-0.3, -0.25) is 4.98 Å². The van der Waals surface area contributed by atoms with Crippen LogP contribution in [0.1, 0.15) is 20.3 Å². The molecule has 1 aliphatic heterocycles. The summed E-state index contributed by atoms with van der Waals surface area (Å²) in [7, 11) is 0. The molecule has 0 saturated carbocycles. The molecule has 1 aliphatic rings. The van der Waals surface area contributed by atoms with E-state index in [0.717, 1.165) is 24.0 Å². The fourth-order valence-electron chi connectivity index (χ4n) is 2.08. The monoisotopic (exact) mass is 284 g/mol. The Labute approximate surface area is 105 Å². The van der Waals surface area contributed by atoms with Gasteiger partial charge in [-0.25, -0.2) is 0 Å². The molecule has 1 aromatic heterocycles. The quantitative estimate of drug-likeness (QED) is 0.835. The van der Waals surface area contributed by atoms with Crippen LogP contribution in [0.4, 0.5) is 5.69 Å². The molecule has 2 heterocycles. The average Bonchev–Trinajstić information content (AvgIpc) is 2.29. The molecule has 88 valence electrons. The summed E-state index contributed by atoms with van der Waals surface area (Å²) in [5.74, 6) is 0. The maximum atomic E-state index is 5.70. The molecule has 0 aliphatic carbocycles. The summed E-state index contributed by atoms with van der Waals surface area (Å²) in [6.45, 7) is 6.08. The van der Waals surface area contributed by atoms with Crippen LogP contribution in [0.25, 0.3) is 0 Å². The SMILES string of the molecule is CCC1COC(C)CN1c1ccncc1Br. The molecular formula is C12H17BrN2O. The van der Waals surface area contributed by atoms with Crippen molar-refractivity contribution in [1.82, 2.24) is 4.98 Å². The maximum absolute atomic E-state index is 5.70. The van der Waals surface area contributed by atoms with Crippen LogP contribution in [0, 0.1) is 0 Å². The third-order valence-electron chi connectivity index (χ3n) is 3.00. The Balaban J connectivity index is 2.26. The first kappa shape index (κ1) is 11.9. The molecule has 4 heteroatoms. The normalized spacial score (nSPS) is 25.8. The average molecular weight is 285 g/mol. The first-order valence-corrected chi connectivity index (χ1v) is 6.49. The molecule has 2 unspecified atom stereocenters. The number of halogens is 1. The molecule has 2 rings (SSSR count). The lowest BCUT2D eigenvalue weighted by molar-refractivity contribution is 0.0299. The third kappa shape index (κ3) is 2.38. The van der Waals surface area contributed by atoms with Crippen LogP contribution < -0.4 is 4.90 Å². The number of rotatable bonds is 2. The van der Waals surface area contributed by atoms with E-state index in [1.807, 2.05) is 12.4 Å². The Morgan fingerprint density at radius 2 is 2.44 bits per heavy atom. The van der Waals surface area contributed by atoms with Crippen LogP contribution in [0.3, 0.4) is 0 Å². The summed E-state index contributed by atoms with van der Waals surface area (Å²) >= 11 is 3.56. The molecule has 1 saturated heterocycles. The van der Waals surface area contributed by atoms with Gasteiger partial charge in [0.15, 0.2) is 0 Å². The van der Waals surface area contributed by atoms with Gasteiger partial charge < -0.3 is 9.64 Å². The van der Waals surface area contributed by atoms with E-state index in [2.05, 4.69) is 45.7 Å². The highest BCUT2D eigenvalue weighted by atomic mass is 79.9. The highest BCUT2D eigenvalue weighted by Crippen LogP contribution is 2.29. The fraction of sp³-hybridized carbons (Fsp3) is 0.583. The maximum Gasteiger partial charge on any atom is 0.0723 e. The molecule has 1 fully saturated rings. The summed E-state index contributed by atoms with van der Waals surface area (Å²) < 4.78 is 6.76. The van der Waals surface area contributed by atoms with Crippen LogP contribution >= 0.6 is 15.9 Å². The highest BCUT2D eigenvalue weighted by molar-refractivity contribution is 9.10. The van der Waals surface area contributed by atoms with E-state index in [1.54, 1.807) is 0 Å². The zero-order valence-electron chi connectivity index (χ0n) is 9.69. The second-order valence-corrected chi connectivity index (χ2v) is 5.04. The minimum absolute atomic E-state index is 0.294. The van der Waals surface area contributed by atoms with Gasteiger partial charge in [0, 0.05) is 18.9 Å². The Morgan fingerprint density at radius 1 is 1.62 bits per heavy atom. The topological polar surface area (TPSA) is 25.4 Å². The number of pyridine rings is 1. The Kier molecular flexibility index (Phi) is 3.82. The highest BCUT2D eigenvalue weighted by Gasteiger charge is 2.26. The molecule has 0 radical (unpaired) electrons. The van der Waals surface area contributed by atoms with Crippen molar-refractivity contribution in [1.29, 1.82) is 0 Å². The van der Waals surface area contributed by atoms with Crippen molar-refractivity contribution in [2.75, 3.05) is 18.1 Å². The second kappa shape index (κ2) is 5.15. The van der Waals surface area contributed by atoms with Crippen LogP contribution in [-0.2, 0) is 4.74 Å². The summed E-state index contributed by atoms with van der Waals surface area (Å²) in [6.07, 6.45) is 5.08. The molecule has 2 atom stereocenters. The van der Waals surface area contributed by atoms with Crippen molar-refractivity contribution in [3.8, 4) is 0 Å². The number of aromatic nitrogens is 1. The first-order chi connectivity index (χ1) is 7.72. The van der Waals surface area contributed by atoms with Crippen LogP contribution in [0.5, 0.6) is 0 Å². The zero-order valence-corrected chi connectivity index (χ0v) is 11.3. The molecule has 3 nitrogen and oxygen atoms in total. The van der Waals surface area contributed by atoms with E-state index < -0.39 is 0 Å². The first-order valence-electron chi connectivity index (χ1n) is 5.70. The fourth-order valence-corrected chi connectivity index (χ4v) is 2.56. The van der Waals surface area contributed by atoms with Crippen molar-refractivity contribution < 1.29 is 4.74 Å². The lowest BCUT2D eigenvalue weighted by atomic mass is 10.1. The van der Waals surface area contributed by atoms with Gasteiger partial charge in [-0.05, 0) is 35.3 Å². The number of nitrogens with zero attached hydrogens (tertiary/aromatic N) is 2. The lowest BCUT2D eigenvalue weighted by Crippen LogP contribution is -2.48. The van der Waals surface area contributed by atoms with Crippen molar-refractivity contribution in [3.63, 3.8) is 0 Å². The van der Waals surface area contributed by atoms with Crippen LogP contribution in [0.2, 0.25) is 0 Å². The van der Waals surface area contributed by atoms with E-state index >= 15 is 0 Å². The zero-order chi connectivity index (χ0) is 11.5. The Bertz CT molecular complexity index is 359. The largest absolute Gasteiger partial charge is 0.375 e. The summed E-state index contributed by atoms with van der Waals surface area (Å²) in [5, 5.41) is 0. The van der Waals surface area contributed by atoms with E-state index in [4.69, 9.17) is 4.74 Å². The molecule has 0 amide bonds. The van der Waals surface area contributed by atoms with Crippen molar-refractivity contribution >= 4 is 21.6 Å². The molecular weight excluding hydrogens is 268 g/mol. The standard InChI is InChI=1S/C12H17BrN2O/c1-3-10-8-16-9(2)7-15(10)12-4-5-14-6-11(12)13/h4-6,9-10H,3,7-8H2,1-2H3.